The fraction of sp³-hybridized carbons (Fsp3) is 0.667. The summed E-state index contributed by atoms with van der Waals surface area (Å²) in [6.07, 6.45) is 7.65. The lowest BCUT2D eigenvalue weighted by atomic mass is 9.52. The minimum atomic E-state index is -2.73. The van der Waals surface area contributed by atoms with Crippen molar-refractivity contribution in [2.24, 2.45) is 47.2 Å². The summed E-state index contributed by atoms with van der Waals surface area (Å²) in [6.45, 7) is 0.659. The number of ketones is 4. The van der Waals surface area contributed by atoms with Gasteiger partial charge >= 0.3 is 0 Å². The molecular weight excluding hydrogens is 564 g/mol. The zero-order valence-electron chi connectivity index (χ0n) is 26.0. The average Bonchev–Trinajstić information content (AvgIpc) is 3.42. The molecule has 238 valence electrons. The largest absolute Gasteiger partial charge is 0.505 e. The highest BCUT2D eigenvalue weighted by molar-refractivity contribution is 6.32. The Balaban J connectivity index is 1.36. The van der Waals surface area contributed by atoms with Crippen LogP contribution in [0.5, 0.6) is 5.75 Å². The van der Waals surface area contributed by atoms with Crippen molar-refractivity contribution in [1.82, 2.24) is 4.90 Å². The lowest BCUT2D eigenvalue weighted by molar-refractivity contribution is -0.181. The smallest absolute Gasteiger partial charge is 0.235 e. The van der Waals surface area contributed by atoms with Crippen LogP contribution in [0.3, 0.4) is 0 Å². The van der Waals surface area contributed by atoms with Crippen LogP contribution in [0.15, 0.2) is 6.07 Å². The molecule has 1 amide bonds. The Kier molecular flexibility index (Phi) is 7.64. The van der Waals surface area contributed by atoms with Gasteiger partial charge in [0.1, 0.15) is 5.75 Å². The molecule has 1 aromatic carbocycles. The fourth-order valence-electron chi connectivity index (χ4n) is 9.43. The highest BCUT2D eigenvalue weighted by atomic mass is 16.3. The fourth-order valence-corrected chi connectivity index (χ4v) is 9.43. The van der Waals surface area contributed by atoms with Gasteiger partial charge in [-0.1, -0.05) is 19.3 Å². The van der Waals surface area contributed by atoms with E-state index in [0.717, 1.165) is 30.4 Å². The lowest BCUT2D eigenvalue weighted by Gasteiger charge is -2.52. The maximum absolute atomic E-state index is 14.2. The number of nitrogens with zero attached hydrogens (tertiary/aromatic N) is 2. The molecule has 4 fully saturated rings. The normalized spacial score (nSPS) is 36.4. The van der Waals surface area contributed by atoms with Gasteiger partial charge in [0.15, 0.2) is 34.7 Å². The molecule has 0 aromatic heterocycles. The van der Waals surface area contributed by atoms with Crippen LogP contribution in [-0.4, -0.2) is 90.5 Å². The van der Waals surface area contributed by atoms with E-state index < -0.39 is 64.4 Å². The Morgan fingerprint density at radius 2 is 1.70 bits per heavy atom. The number of nitrogens with two attached hydrogens (primary N) is 1. The number of fused-ring (bicyclic) bond motifs is 4. The number of aromatic hydroxyl groups is 1. The highest BCUT2D eigenvalue weighted by Gasteiger charge is 2.69. The number of likely N-dealkylation sites (N-methyl/N-ethyl adjacent to an activating group) is 1. The maximum atomic E-state index is 14.2. The van der Waals surface area contributed by atoms with Crippen molar-refractivity contribution < 1.29 is 34.2 Å². The van der Waals surface area contributed by atoms with Crippen LogP contribution >= 0.6 is 0 Å². The molecule has 5 N–H and O–H groups in total. The van der Waals surface area contributed by atoms with Crippen LogP contribution in [0, 0.1) is 41.4 Å². The van der Waals surface area contributed by atoms with E-state index in [-0.39, 0.29) is 24.2 Å². The molecule has 5 aliphatic carbocycles. The van der Waals surface area contributed by atoms with Gasteiger partial charge in [-0.3, -0.25) is 28.9 Å². The number of benzene rings is 1. The van der Waals surface area contributed by atoms with Gasteiger partial charge in [-0.05, 0) is 81.5 Å². The van der Waals surface area contributed by atoms with Gasteiger partial charge in [-0.25, -0.2) is 0 Å². The van der Waals surface area contributed by atoms with Gasteiger partial charge in [0.2, 0.25) is 5.91 Å². The van der Waals surface area contributed by atoms with Gasteiger partial charge in [-0.15, -0.1) is 0 Å². The van der Waals surface area contributed by atoms with E-state index in [2.05, 4.69) is 5.32 Å². The lowest BCUT2D eigenvalue weighted by Crippen LogP contribution is -2.74. The Bertz CT molecular complexity index is 1440. The van der Waals surface area contributed by atoms with Crippen molar-refractivity contribution in [2.45, 2.75) is 63.0 Å². The summed E-state index contributed by atoms with van der Waals surface area (Å²) in [5.74, 6) is -8.28. The van der Waals surface area contributed by atoms with E-state index in [1.54, 1.807) is 14.1 Å². The van der Waals surface area contributed by atoms with E-state index >= 15 is 0 Å². The number of primary amides is 1. The SMILES string of the molecule is CN(C)c1cc(NCC2CCC3CCCC3C2)c(O)c2c1CC1CC3[C@H](N(C)C)C(=O)C(C(N)=O)C(=O)[C@@]3(O)C(=O)C1C2=O. The first-order valence-electron chi connectivity index (χ1n) is 15.9. The molecule has 1 aromatic rings. The number of carbonyl (C=O) groups is 5. The number of aliphatic hydroxyl groups is 1. The van der Waals surface area contributed by atoms with Crippen LogP contribution in [0.4, 0.5) is 11.4 Å². The quantitative estimate of drug-likeness (QED) is 0.275. The first kappa shape index (κ1) is 30.7. The number of amides is 1. The molecule has 7 unspecified atom stereocenters. The first-order valence-corrected chi connectivity index (χ1v) is 15.9. The standard InChI is InChI=1S/C33H44N4O7/c1-36(2)22-13-21(35-14-15-8-9-16-6-5-7-17(16)10-15)27(38)24-19(22)11-18-12-20-26(37(3)4)29(40)25(32(34)43)31(42)33(20,44)30(41)23(18)28(24)39/h13,15-18,20,23,25-26,35,38,44H,5-12,14H2,1-4H3,(H2,34,43)/t15?,16?,17?,18?,20?,23?,25?,26-,33-/m0/s1. The van der Waals surface area contributed by atoms with Crippen molar-refractivity contribution in [3.05, 3.63) is 17.2 Å². The van der Waals surface area contributed by atoms with E-state index in [0.29, 0.717) is 23.7 Å². The molecule has 0 aliphatic heterocycles. The number of phenols is 1. The van der Waals surface area contributed by atoms with Crippen LogP contribution in [0.25, 0.3) is 0 Å². The second-order valence-corrected chi connectivity index (χ2v) is 14.3. The molecule has 11 heteroatoms. The summed E-state index contributed by atoms with van der Waals surface area (Å²) >= 11 is 0. The molecule has 0 heterocycles. The van der Waals surface area contributed by atoms with Crippen molar-refractivity contribution in [2.75, 3.05) is 45.0 Å². The number of phenolic OH excluding ortho intramolecular Hbond substituents is 1. The van der Waals surface area contributed by atoms with Gasteiger partial charge in [0.25, 0.3) is 0 Å². The van der Waals surface area contributed by atoms with E-state index in [4.69, 9.17) is 5.73 Å². The molecule has 0 saturated heterocycles. The summed E-state index contributed by atoms with van der Waals surface area (Å²) in [6, 6.07) is 0.724. The topological polar surface area (TPSA) is 170 Å². The first-order chi connectivity index (χ1) is 20.8. The van der Waals surface area contributed by atoms with E-state index in [1.807, 2.05) is 25.1 Å². The number of anilines is 2. The Hall–Kier alpha value is -3.31. The minimum absolute atomic E-state index is 0.0183. The number of hydrogen-bond acceptors (Lipinski definition) is 10. The third-order valence-corrected chi connectivity index (χ3v) is 11.5. The molecule has 4 saturated carbocycles. The van der Waals surface area contributed by atoms with E-state index in [9.17, 15) is 34.2 Å². The zero-order valence-corrected chi connectivity index (χ0v) is 26.0. The monoisotopic (exact) mass is 608 g/mol. The molecule has 9 atom stereocenters. The molecule has 0 spiro atoms. The third kappa shape index (κ3) is 4.49. The summed E-state index contributed by atoms with van der Waals surface area (Å²) in [5.41, 5.74) is 4.44. The molecular formula is C33H44N4O7. The van der Waals surface area contributed by atoms with Crippen LogP contribution in [-0.2, 0) is 25.6 Å². The minimum Gasteiger partial charge on any atom is -0.505 e. The zero-order chi connectivity index (χ0) is 31.8. The maximum Gasteiger partial charge on any atom is 0.235 e. The summed E-state index contributed by atoms with van der Waals surface area (Å²) in [5, 5.41) is 26.8. The van der Waals surface area contributed by atoms with Gasteiger partial charge < -0.3 is 26.2 Å². The molecule has 6 rings (SSSR count). The summed E-state index contributed by atoms with van der Waals surface area (Å²) < 4.78 is 0. The van der Waals surface area contributed by atoms with Crippen LogP contribution in [0.2, 0.25) is 0 Å². The van der Waals surface area contributed by atoms with Gasteiger partial charge in [0.05, 0.1) is 23.2 Å². The Labute approximate surface area is 257 Å². The number of nitrogens with one attached hydrogen (secondary N) is 1. The third-order valence-electron chi connectivity index (χ3n) is 11.5. The van der Waals surface area contributed by atoms with Crippen molar-refractivity contribution >= 4 is 40.4 Å². The molecule has 5 aliphatic rings. The second kappa shape index (κ2) is 10.9. The summed E-state index contributed by atoms with van der Waals surface area (Å²) in [7, 11) is 6.85. The molecule has 0 radical (unpaired) electrons. The molecule has 44 heavy (non-hydrogen) atoms. The van der Waals surface area contributed by atoms with Crippen molar-refractivity contribution in [3.63, 3.8) is 0 Å². The number of rotatable bonds is 6. The van der Waals surface area contributed by atoms with Gasteiger partial charge in [-0.2, -0.15) is 0 Å². The van der Waals surface area contributed by atoms with Gasteiger partial charge in [0, 0.05) is 32.2 Å². The Morgan fingerprint density at radius 1 is 1.00 bits per heavy atom. The summed E-state index contributed by atoms with van der Waals surface area (Å²) in [4.78, 5) is 70.8. The van der Waals surface area contributed by atoms with Crippen molar-refractivity contribution in [1.29, 1.82) is 0 Å². The predicted molar refractivity (Wildman–Crippen MR) is 162 cm³/mol. The van der Waals surface area contributed by atoms with Crippen LogP contribution < -0.4 is 16.0 Å². The number of hydrogen-bond donors (Lipinski definition) is 4. The van der Waals surface area contributed by atoms with E-state index in [1.165, 1.54) is 30.6 Å². The molecule has 11 nitrogen and oxygen atoms in total. The van der Waals surface area contributed by atoms with Crippen molar-refractivity contribution in [3.8, 4) is 5.75 Å². The predicted octanol–water partition coefficient (Wildman–Crippen LogP) is 1.56. The highest BCUT2D eigenvalue weighted by Crippen LogP contribution is 2.53. The average molecular weight is 609 g/mol. The number of carbonyl (C=O) groups excluding carboxylic acids is 5. The number of Topliss-reactive ketones (excluding diaryl/α,β-unsaturated/α-hetero) is 4. The Morgan fingerprint density at radius 3 is 2.36 bits per heavy atom. The van der Waals surface area contributed by atoms with Crippen LogP contribution in [0.1, 0.15) is 60.9 Å². The molecule has 0 bridgehead atoms. The second-order valence-electron chi connectivity index (χ2n) is 14.3.